The Morgan fingerprint density at radius 1 is 0.917 bits per heavy atom. The van der Waals surface area contributed by atoms with E-state index in [0.29, 0.717) is 30.4 Å². The third-order valence-electron chi connectivity index (χ3n) is 6.68. The number of nitrogens with one attached hydrogen (secondary N) is 1. The highest BCUT2D eigenvalue weighted by Gasteiger charge is 2.29. The fourth-order valence-corrected chi connectivity index (χ4v) is 6.18. The Balaban J connectivity index is 1.40. The van der Waals surface area contributed by atoms with Gasteiger partial charge in [-0.05, 0) is 73.6 Å². The third kappa shape index (κ3) is 5.04. The van der Waals surface area contributed by atoms with E-state index in [0.717, 1.165) is 22.7 Å². The van der Waals surface area contributed by atoms with Crippen molar-refractivity contribution in [1.29, 1.82) is 0 Å². The first-order valence-corrected chi connectivity index (χ1v) is 13.7. The second kappa shape index (κ2) is 10.2. The Hall–Kier alpha value is -3.52. The molecule has 3 aromatic rings. The summed E-state index contributed by atoms with van der Waals surface area (Å²) in [5.41, 5.74) is 4.06. The number of fused-ring (bicyclic) bond motifs is 2. The lowest BCUT2D eigenvalue weighted by Gasteiger charge is -2.27. The summed E-state index contributed by atoms with van der Waals surface area (Å²) in [6, 6.07) is 19.1. The summed E-state index contributed by atoms with van der Waals surface area (Å²) in [5.74, 6) is 0.608. The summed E-state index contributed by atoms with van der Waals surface area (Å²) in [4.78, 5) is 13.3. The summed E-state index contributed by atoms with van der Waals surface area (Å²) in [6.07, 6.45) is 4.54. The van der Waals surface area contributed by atoms with Crippen molar-refractivity contribution in [3.63, 3.8) is 0 Å². The molecule has 8 heteroatoms. The molecule has 0 saturated carbocycles. The van der Waals surface area contributed by atoms with E-state index in [1.165, 1.54) is 36.1 Å². The molecule has 1 atom stereocenters. The number of ether oxygens (including phenoxy) is 2. The predicted molar refractivity (Wildman–Crippen MR) is 138 cm³/mol. The lowest BCUT2D eigenvalue weighted by molar-refractivity contribution is -0.120. The standard InChI is InChI=1S/C28H30N2O5S/c1-20(22-12-11-21-7-5-6-8-23(21)17-22)29-28(31)19-30(36(32,33)25-9-3-2-4-10-25)24-13-14-26-27(18-24)35-16-15-34-26/h2-4,9-14,17-18,20H,5-8,15-16,19H2,1H3,(H,29,31)/t20-/m1/s1. The number of carbonyl (C=O) groups is 1. The van der Waals surface area contributed by atoms with E-state index >= 15 is 0 Å². The van der Waals surface area contributed by atoms with Gasteiger partial charge in [-0.2, -0.15) is 0 Å². The molecule has 7 nitrogen and oxygen atoms in total. The number of hydrogen-bond donors (Lipinski definition) is 1. The van der Waals surface area contributed by atoms with Crippen LogP contribution in [-0.2, 0) is 27.7 Å². The number of carbonyl (C=O) groups excluding carboxylic acids is 1. The molecule has 0 radical (unpaired) electrons. The van der Waals surface area contributed by atoms with Crippen LogP contribution in [0.15, 0.2) is 71.6 Å². The molecule has 0 unspecified atom stereocenters. The van der Waals surface area contributed by atoms with Crippen molar-refractivity contribution in [2.45, 2.75) is 43.5 Å². The van der Waals surface area contributed by atoms with Gasteiger partial charge in [0, 0.05) is 6.07 Å². The average Bonchev–Trinajstić information content (AvgIpc) is 2.91. The molecule has 1 heterocycles. The van der Waals surface area contributed by atoms with Crippen LogP contribution in [0.4, 0.5) is 5.69 Å². The van der Waals surface area contributed by atoms with Crippen LogP contribution in [0.2, 0.25) is 0 Å². The van der Waals surface area contributed by atoms with Crippen molar-refractivity contribution in [2.75, 3.05) is 24.1 Å². The number of sulfonamides is 1. The van der Waals surface area contributed by atoms with Crippen LogP contribution in [-0.4, -0.2) is 34.1 Å². The van der Waals surface area contributed by atoms with Gasteiger partial charge in [0.05, 0.1) is 16.6 Å². The molecule has 1 amide bonds. The average molecular weight is 507 g/mol. The summed E-state index contributed by atoms with van der Waals surface area (Å²) >= 11 is 0. The Morgan fingerprint density at radius 3 is 2.42 bits per heavy atom. The van der Waals surface area contributed by atoms with E-state index in [1.54, 1.807) is 36.4 Å². The van der Waals surface area contributed by atoms with Crippen LogP contribution < -0.4 is 19.1 Å². The molecule has 3 aromatic carbocycles. The summed E-state index contributed by atoms with van der Waals surface area (Å²) in [6.45, 7) is 2.36. The third-order valence-corrected chi connectivity index (χ3v) is 8.47. The first kappa shape index (κ1) is 24.2. The van der Waals surface area contributed by atoms with Crippen LogP contribution in [0, 0.1) is 0 Å². The number of nitrogens with zero attached hydrogens (tertiary/aromatic N) is 1. The molecule has 0 saturated heterocycles. The maximum absolute atomic E-state index is 13.6. The van der Waals surface area contributed by atoms with E-state index in [2.05, 4.69) is 17.4 Å². The van der Waals surface area contributed by atoms with Crippen molar-refractivity contribution >= 4 is 21.6 Å². The molecule has 188 valence electrons. The van der Waals surface area contributed by atoms with E-state index < -0.39 is 15.9 Å². The van der Waals surface area contributed by atoms with Gasteiger partial charge in [-0.25, -0.2) is 8.42 Å². The van der Waals surface area contributed by atoms with Gasteiger partial charge in [0.15, 0.2) is 11.5 Å². The summed E-state index contributed by atoms with van der Waals surface area (Å²) < 4.78 is 39.6. The normalized spacial score (nSPS) is 15.5. The van der Waals surface area contributed by atoms with E-state index in [-0.39, 0.29) is 17.5 Å². The van der Waals surface area contributed by atoms with E-state index in [1.807, 2.05) is 13.0 Å². The Morgan fingerprint density at radius 2 is 1.64 bits per heavy atom. The number of amides is 1. The number of hydrogen-bond acceptors (Lipinski definition) is 5. The van der Waals surface area contributed by atoms with Gasteiger partial charge < -0.3 is 14.8 Å². The highest BCUT2D eigenvalue weighted by atomic mass is 32.2. The van der Waals surface area contributed by atoms with Crippen molar-refractivity contribution in [3.8, 4) is 11.5 Å². The molecule has 2 aliphatic rings. The SMILES string of the molecule is C[C@@H](NC(=O)CN(c1ccc2c(c1)OCCO2)S(=O)(=O)c1ccccc1)c1ccc2c(c1)CCCC2. The molecule has 1 N–H and O–H groups in total. The molecule has 0 aromatic heterocycles. The number of anilines is 1. The van der Waals surface area contributed by atoms with Crippen LogP contribution >= 0.6 is 0 Å². The van der Waals surface area contributed by atoms with Gasteiger partial charge in [0.1, 0.15) is 19.8 Å². The predicted octanol–water partition coefficient (Wildman–Crippen LogP) is 4.41. The second-order valence-corrected chi connectivity index (χ2v) is 11.0. The van der Waals surface area contributed by atoms with Gasteiger partial charge in [0.2, 0.25) is 5.91 Å². The minimum atomic E-state index is -4.01. The van der Waals surface area contributed by atoms with Crippen molar-refractivity contribution in [2.24, 2.45) is 0 Å². The number of aryl methyl sites for hydroxylation is 2. The molecular weight excluding hydrogens is 476 g/mol. The van der Waals surface area contributed by atoms with Crippen molar-refractivity contribution < 1.29 is 22.7 Å². The highest BCUT2D eigenvalue weighted by Crippen LogP contribution is 2.35. The molecule has 0 fully saturated rings. The molecule has 0 spiro atoms. The monoisotopic (exact) mass is 506 g/mol. The molecule has 36 heavy (non-hydrogen) atoms. The molecule has 5 rings (SSSR count). The van der Waals surface area contributed by atoms with Crippen LogP contribution in [0.1, 0.15) is 42.5 Å². The number of benzene rings is 3. The Labute approximate surface area is 212 Å². The zero-order valence-corrected chi connectivity index (χ0v) is 21.1. The van der Waals surface area contributed by atoms with Gasteiger partial charge >= 0.3 is 0 Å². The second-order valence-electron chi connectivity index (χ2n) is 9.18. The zero-order chi connectivity index (χ0) is 25.1. The van der Waals surface area contributed by atoms with Crippen molar-refractivity contribution in [3.05, 3.63) is 83.4 Å². The Bertz CT molecular complexity index is 1360. The zero-order valence-electron chi connectivity index (χ0n) is 20.3. The first-order chi connectivity index (χ1) is 17.4. The number of rotatable bonds is 7. The van der Waals surface area contributed by atoms with Gasteiger partial charge in [-0.1, -0.05) is 36.4 Å². The van der Waals surface area contributed by atoms with E-state index in [9.17, 15) is 13.2 Å². The quantitative estimate of drug-likeness (QED) is 0.513. The van der Waals surface area contributed by atoms with Crippen LogP contribution in [0.3, 0.4) is 0 Å². The Kier molecular flexibility index (Phi) is 6.87. The summed E-state index contributed by atoms with van der Waals surface area (Å²) in [5, 5.41) is 2.99. The first-order valence-electron chi connectivity index (χ1n) is 12.3. The molecular formula is C28H30N2O5S. The van der Waals surface area contributed by atoms with E-state index in [4.69, 9.17) is 9.47 Å². The molecule has 0 bridgehead atoms. The smallest absolute Gasteiger partial charge is 0.264 e. The van der Waals surface area contributed by atoms with Crippen molar-refractivity contribution in [1.82, 2.24) is 5.32 Å². The highest BCUT2D eigenvalue weighted by molar-refractivity contribution is 7.92. The molecule has 1 aliphatic carbocycles. The fourth-order valence-electron chi connectivity index (χ4n) is 4.75. The largest absolute Gasteiger partial charge is 0.486 e. The van der Waals surface area contributed by atoms with Crippen LogP contribution in [0.5, 0.6) is 11.5 Å². The molecule has 1 aliphatic heterocycles. The van der Waals surface area contributed by atoms with Gasteiger partial charge in [-0.3, -0.25) is 9.10 Å². The van der Waals surface area contributed by atoms with Crippen LogP contribution in [0.25, 0.3) is 0 Å². The lowest BCUT2D eigenvalue weighted by Crippen LogP contribution is -2.41. The topological polar surface area (TPSA) is 84.9 Å². The maximum atomic E-state index is 13.6. The minimum Gasteiger partial charge on any atom is -0.486 e. The van der Waals surface area contributed by atoms with Gasteiger partial charge in [0.25, 0.3) is 10.0 Å². The maximum Gasteiger partial charge on any atom is 0.264 e. The fraction of sp³-hybridized carbons (Fsp3) is 0.321. The van der Waals surface area contributed by atoms with Gasteiger partial charge in [-0.15, -0.1) is 0 Å². The summed E-state index contributed by atoms with van der Waals surface area (Å²) in [7, 11) is -4.01. The minimum absolute atomic E-state index is 0.107. The lowest BCUT2D eigenvalue weighted by atomic mass is 9.89.